The van der Waals surface area contributed by atoms with E-state index in [0.29, 0.717) is 12.0 Å². The van der Waals surface area contributed by atoms with Gasteiger partial charge in [0.05, 0.1) is 5.69 Å². The fourth-order valence-corrected chi connectivity index (χ4v) is 2.23. The van der Waals surface area contributed by atoms with Crippen molar-refractivity contribution in [1.82, 2.24) is 15.5 Å². The van der Waals surface area contributed by atoms with Crippen molar-refractivity contribution < 1.29 is 0 Å². The molecule has 1 unspecified atom stereocenters. The quantitative estimate of drug-likeness (QED) is 0.819. The molecule has 1 heterocycles. The zero-order valence-corrected chi connectivity index (χ0v) is 12.6. The van der Waals surface area contributed by atoms with Crippen LogP contribution >= 0.6 is 0 Å². The zero-order valence-electron chi connectivity index (χ0n) is 12.6. The Morgan fingerprint density at radius 1 is 1.26 bits per heavy atom. The van der Waals surface area contributed by atoms with Gasteiger partial charge in [-0.15, -0.1) is 5.10 Å². The number of rotatable bonds is 7. The van der Waals surface area contributed by atoms with Crippen molar-refractivity contribution in [2.45, 2.75) is 46.2 Å². The first kappa shape index (κ1) is 14.3. The average Bonchev–Trinajstić information content (AvgIpc) is 3.22. The molecule has 1 aromatic heterocycles. The van der Waals surface area contributed by atoms with Crippen LogP contribution in [0.3, 0.4) is 0 Å². The number of anilines is 1. The van der Waals surface area contributed by atoms with Gasteiger partial charge in [-0.1, -0.05) is 13.8 Å². The van der Waals surface area contributed by atoms with E-state index in [9.17, 15) is 0 Å². The SMILES string of the molecule is CC(C)CNCc1ccc(N(C)C(C)C2CC2)nn1. The number of hydrogen-bond acceptors (Lipinski definition) is 4. The zero-order chi connectivity index (χ0) is 13.8. The third-order valence-electron chi connectivity index (χ3n) is 3.84. The molecule has 0 bridgehead atoms. The fourth-order valence-electron chi connectivity index (χ4n) is 2.23. The van der Waals surface area contributed by atoms with Crippen molar-refractivity contribution in [3.8, 4) is 0 Å². The van der Waals surface area contributed by atoms with Crippen LogP contribution in [0, 0.1) is 11.8 Å². The van der Waals surface area contributed by atoms with Crippen molar-refractivity contribution in [3.05, 3.63) is 17.8 Å². The molecule has 1 N–H and O–H groups in total. The van der Waals surface area contributed by atoms with Gasteiger partial charge < -0.3 is 10.2 Å². The topological polar surface area (TPSA) is 41.0 Å². The minimum absolute atomic E-state index is 0.569. The lowest BCUT2D eigenvalue weighted by Gasteiger charge is -2.25. The fraction of sp³-hybridized carbons (Fsp3) is 0.733. The summed E-state index contributed by atoms with van der Waals surface area (Å²) in [5.74, 6) is 2.49. The molecule has 2 rings (SSSR count). The summed E-state index contributed by atoms with van der Waals surface area (Å²) in [5, 5.41) is 12.0. The maximum absolute atomic E-state index is 4.34. The lowest BCUT2D eigenvalue weighted by Crippen LogP contribution is -2.31. The molecule has 19 heavy (non-hydrogen) atoms. The van der Waals surface area contributed by atoms with E-state index in [-0.39, 0.29) is 0 Å². The predicted molar refractivity (Wildman–Crippen MR) is 79.2 cm³/mol. The Bertz CT molecular complexity index is 384. The minimum Gasteiger partial charge on any atom is -0.355 e. The number of aromatic nitrogens is 2. The normalized spacial score (nSPS) is 16.7. The molecule has 0 spiro atoms. The maximum atomic E-state index is 4.34. The van der Waals surface area contributed by atoms with Gasteiger partial charge in [-0.3, -0.25) is 0 Å². The van der Waals surface area contributed by atoms with Crippen molar-refractivity contribution in [2.75, 3.05) is 18.5 Å². The van der Waals surface area contributed by atoms with Crippen molar-refractivity contribution in [2.24, 2.45) is 11.8 Å². The summed E-state index contributed by atoms with van der Waals surface area (Å²) in [6.07, 6.45) is 2.71. The highest BCUT2D eigenvalue weighted by atomic mass is 15.3. The van der Waals surface area contributed by atoms with Crippen LogP contribution in [0.2, 0.25) is 0 Å². The molecule has 1 atom stereocenters. The van der Waals surface area contributed by atoms with E-state index < -0.39 is 0 Å². The average molecular weight is 262 g/mol. The van der Waals surface area contributed by atoms with Crippen molar-refractivity contribution in [1.29, 1.82) is 0 Å². The van der Waals surface area contributed by atoms with Crippen LogP contribution < -0.4 is 10.2 Å². The first-order valence-electron chi connectivity index (χ1n) is 7.34. The summed E-state index contributed by atoms with van der Waals surface area (Å²) in [5.41, 5.74) is 1.01. The number of hydrogen-bond donors (Lipinski definition) is 1. The van der Waals surface area contributed by atoms with Gasteiger partial charge in [-0.2, -0.15) is 5.10 Å². The van der Waals surface area contributed by atoms with E-state index in [1.807, 2.05) is 0 Å². The highest BCUT2D eigenvalue weighted by molar-refractivity contribution is 5.38. The number of nitrogens with one attached hydrogen (secondary N) is 1. The summed E-state index contributed by atoms with van der Waals surface area (Å²) in [4.78, 5) is 2.25. The molecule has 1 aromatic rings. The van der Waals surface area contributed by atoms with Gasteiger partial charge in [-0.25, -0.2) is 0 Å². The first-order chi connectivity index (χ1) is 9.08. The molecule has 0 radical (unpaired) electrons. The first-order valence-corrected chi connectivity index (χ1v) is 7.34. The van der Waals surface area contributed by atoms with Gasteiger partial charge >= 0.3 is 0 Å². The summed E-state index contributed by atoms with van der Waals surface area (Å²) >= 11 is 0. The van der Waals surface area contributed by atoms with Crippen LogP contribution in [0.5, 0.6) is 0 Å². The predicted octanol–water partition coefficient (Wildman–Crippen LogP) is 2.46. The molecule has 0 aliphatic heterocycles. The van der Waals surface area contributed by atoms with Crippen LogP contribution in [0.1, 0.15) is 39.3 Å². The van der Waals surface area contributed by atoms with E-state index >= 15 is 0 Å². The third-order valence-corrected chi connectivity index (χ3v) is 3.84. The monoisotopic (exact) mass is 262 g/mol. The number of nitrogens with zero attached hydrogens (tertiary/aromatic N) is 3. The van der Waals surface area contributed by atoms with Crippen LogP contribution in [0.25, 0.3) is 0 Å². The lowest BCUT2D eigenvalue weighted by molar-refractivity contribution is 0.545. The molecule has 4 heteroatoms. The van der Waals surface area contributed by atoms with Gasteiger partial charge in [0, 0.05) is 19.6 Å². The van der Waals surface area contributed by atoms with Crippen LogP contribution in [-0.2, 0) is 6.54 Å². The van der Waals surface area contributed by atoms with Crippen molar-refractivity contribution >= 4 is 5.82 Å². The van der Waals surface area contributed by atoms with Crippen LogP contribution in [-0.4, -0.2) is 29.8 Å². The summed E-state index contributed by atoms with van der Waals surface area (Å²) in [7, 11) is 2.11. The Balaban J connectivity index is 1.86. The summed E-state index contributed by atoms with van der Waals surface area (Å²) in [6.45, 7) is 8.50. The third kappa shape index (κ3) is 4.16. The molecule has 1 saturated carbocycles. The maximum Gasteiger partial charge on any atom is 0.151 e. The minimum atomic E-state index is 0.569. The molecule has 1 aliphatic rings. The standard InChI is InChI=1S/C15H26N4/c1-11(2)9-16-10-14-7-8-15(18-17-14)19(4)12(3)13-5-6-13/h7-8,11-13,16H,5-6,9-10H2,1-4H3. The Hall–Kier alpha value is -1.16. The molecular weight excluding hydrogens is 236 g/mol. The van der Waals surface area contributed by atoms with Gasteiger partial charge in [-0.05, 0) is 50.3 Å². The second-order valence-electron chi connectivity index (χ2n) is 6.10. The second-order valence-corrected chi connectivity index (χ2v) is 6.10. The summed E-state index contributed by atoms with van der Waals surface area (Å²) in [6, 6.07) is 4.73. The van der Waals surface area contributed by atoms with Crippen LogP contribution in [0.4, 0.5) is 5.82 Å². The second kappa shape index (κ2) is 6.33. The van der Waals surface area contributed by atoms with Gasteiger partial charge in [0.15, 0.2) is 5.82 Å². The molecule has 0 amide bonds. The smallest absolute Gasteiger partial charge is 0.151 e. The van der Waals surface area contributed by atoms with Gasteiger partial charge in [0.2, 0.25) is 0 Å². The van der Waals surface area contributed by atoms with Crippen molar-refractivity contribution in [3.63, 3.8) is 0 Å². The van der Waals surface area contributed by atoms with E-state index in [0.717, 1.165) is 30.5 Å². The molecule has 4 nitrogen and oxygen atoms in total. The molecule has 1 aliphatic carbocycles. The largest absolute Gasteiger partial charge is 0.355 e. The van der Waals surface area contributed by atoms with Gasteiger partial charge in [0.25, 0.3) is 0 Å². The Morgan fingerprint density at radius 2 is 2.00 bits per heavy atom. The van der Waals surface area contributed by atoms with E-state index in [2.05, 4.69) is 60.4 Å². The molecule has 1 fully saturated rings. The highest BCUT2D eigenvalue weighted by Gasteiger charge is 2.31. The van der Waals surface area contributed by atoms with Crippen LogP contribution in [0.15, 0.2) is 12.1 Å². The summed E-state index contributed by atoms with van der Waals surface area (Å²) < 4.78 is 0. The van der Waals surface area contributed by atoms with E-state index in [4.69, 9.17) is 0 Å². The molecule has 106 valence electrons. The Kier molecular flexibility index (Phi) is 4.75. The molecular formula is C15H26N4. The van der Waals surface area contributed by atoms with E-state index in [1.54, 1.807) is 0 Å². The Labute approximate surface area is 116 Å². The highest BCUT2D eigenvalue weighted by Crippen LogP contribution is 2.35. The Morgan fingerprint density at radius 3 is 2.53 bits per heavy atom. The molecule has 0 saturated heterocycles. The molecule has 0 aromatic carbocycles. The van der Waals surface area contributed by atoms with E-state index in [1.165, 1.54) is 12.8 Å². The lowest BCUT2D eigenvalue weighted by atomic mass is 10.2. The van der Waals surface area contributed by atoms with Gasteiger partial charge in [0.1, 0.15) is 0 Å².